The second-order valence-electron chi connectivity index (χ2n) is 4.80. The molecule has 6 heteroatoms. The zero-order valence-corrected chi connectivity index (χ0v) is 13.8. The Morgan fingerprint density at radius 2 is 1.83 bits per heavy atom. The van der Waals surface area contributed by atoms with E-state index in [1.165, 1.54) is 0 Å². The average molecular weight is 335 g/mol. The quantitative estimate of drug-likeness (QED) is 0.808. The molecule has 2 rings (SSSR count). The van der Waals surface area contributed by atoms with Crippen molar-refractivity contribution >= 4 is 28.9 Å². The number of halogens is 1. The Hall–Kier alpha value is -2.40. The lowest BCUT2D eigenvalue weighted by atomic mass is 10.2. The molecule has 2 aromatic rings. The summed E-state index contributed by atoms with van der Waals surface area (Å²) in [6, 6.07) is 12.5. The van der Waals surface area contributed by atoms with Crippen LogP contribution >= 0.6 is 11.6 Å². The molecule has 0 aliphatic heterocycles. The molecule has 0 bridgehead atoms. The van der Waals surface area contributed by atoms with E-state index in [0.29, 0.717) is 23.7 Å². The van der Waals surface area contributed by atoms with E-state index < -0.39 is 0 Å². The molecule has 2 N–H and O–H groups in total. The van der Waals surface area contributed by atoms with Crippen molar-refractivity contribution in [2.24, 2.45) is 0 Å². The minimum Gasteiger partial charge on any atom is -0.497 e. The Labute approximate surface area is 140 Å². The van der Waals surface area contributed by atoms with Crippen LogP contribution in [0.25, 0.3) is 0 Å². The highest BCUT2D eigenvalue weighted by Crippen LogP contribution is 2.28. The van der Waals surface area contributed by atoms with Gasteiger partial charge >= 0.3 is 0 Å². The first-order valence-corrected chi connectivity index (χ1v) is 7.51. The van der Waals surface area contributed by atoms with Gasteiger partial charge < -0.3 is 20.1 Å². The van der Waals surface area contributed by atoms with Gasteiger partial charge in [0, 0.05) is 29.7 Å². The maximum Gasteiger partial charge on any atom is 0.226 e. The van der Waals surface area contributed by atoms with Crippen molar-refractivity contribution in [2.45, 2.75) is 6.42 Å². The maximum atomic E-state index is 11.9. The smallest absolute Gasteiger partial charge is 0.226 e. The van der Waals surface area contributed by atoms with Crippen LogP contribution < -0.4 is 20.1 Å². The van der Waals surface area contributed by atoms with E-state index in [4.69, 9.17) is 21.1 Å². The zero-order chi connectivity index (χ0) is 16.7. The molecule has 0 heterocycles. The Bertz CT molecular complexity index is 659. The molecule has 0 atom stereocenters. The van der Waals surface area contributed by atoms with Crippen molar-refractivity contribution in [1.82, 2.24) is 0 Å². The van der Waals surface area contributed by atoms with Crippen LogP contribution in [0.1, 0.15) is 6.42 Å². The third kappa shape index (κ3) is 5.07. The van der Waals surface area contributed by atoms with E-state index in [1.54, 1.807) is 38.5 Å². The number of benzene rings is 2. The fourth-order valence-electron chi connectivity index (χ4n) is 2.02. The second kappa shape index (κ2) is 8.29. The van der Waals surface area contributed by atoms with Crippen LogP contribution in [-0.4, -0.2) is 26.7 Å². The molecule has 1 amide bonds. The molecule has 122 valence electrons. The van der Waals surface area contributed by atoms with Crippen LogP contribution in [-0.2, 0) is 4.79 Å². The van der Waals surface area contributed by atoms with Crippen LogP contribution in [0.15, 0.2) is 42.5 Å². The number of hydrogen-bond donors (Lipinski definition) is 2. The van der Waals surface area contributed by atoms with Gasteiger partial charge in [0.1, 0.15) is 11.5 Å². The highest BCUT2D eigenvalue weighted by atomic mass is 35.5. The third-order valence-corrected chi connectivity index (χ3v) is 3.45. The molecular formula is C17H19ClN2O3. The monoisotopic (exact) mass is 334 g/mol. The van der Waals surface area contributed by atoms with E-state index in [1.807, 2.05) is 18.2 Å². The standard InChI is InChI=1S/C17H19ClN2O3/c1-22-14-7-8-16(23-2)15(11-14)19-10-9-17(21)20-13-5-3-12(18)4-6-13/h3-8,11,19H,9-10H2,1-2H3,(H,20,21). The van der Waals surface area contributed by atoms with Gasteiger partial charge in [-0.3, -0.25) is 4.79 Å². The summed E-state index contributed by atoms with van der Waals surface area (Å²) in [6.45, 7) is 0.475. The number of rotatable bonds is 7. The van der Waals surface area contributed by atoms with Crippen LogP contribution in [0.5, 0.6) is 11.5 Å². The van der Waals surface area contributed by atoms with Gasteiger partial charge in [0.2, 0.25) is 5.91 Å². The van der Waals surface area contributed by atoms with Gasteiger partial charge in [0.25, 0.3) is 0 Å². The van der Waals surface area contributed by atoms with Crippen LogP contribution in [0.2, 0.25) is 5.02 Å². The number of carbonyl (C=O) groups excluding carboxylic acids is 1. The fourth-order valence-corrected chi connectivity index (χ4v) is 2.15. The number of amides is 1. The minimum absolute atomic E-state index is 0.0818. The summed E-state index contributed by atoms with van der Waals surface area (Å²) in [5.41, 5.74) is 1.50. The Balaban J connectivity index is 1.86. The number of methoxy groups -OCH3 is 2. The van der Waals surface area contributed by atoms with Crippen LogP contribution in [0.3, 0.4) is 0 Å². The van der Waals surface area contributed by atoms with E-state index in [2.05, 4.69) is 10.6 Å². The topological polar surface area (TPSA) is 59.6 Å². The molecule has 0 radical (unpaired) electrons. The van der Waals surface area contributed by atoms with E-state index in [9.17, 15) is 4.79 Å². The molecule has 0 unspecified atom stereocenters. The number of anilines is 2. The highest BCUT2D eigenvalue weighted by molar-refractivity contribution is 6.30. The molecule has 0 saturated carbocycles. The Morgan fingerprint density at radius 1 is 1.09 bits per heavy atom. The minimum atomic E-state index is -0.0818. The lowest BCUT2D eigenvalue weighted by Gasteiger charge is -2.12. The van der Waals surface area contributed by atoms with Gasteiger partial charge in [-0.15, -0.1) is 0 Å². The molecule has 0 fully saturated rings. The molecular weight excluding hydrogens is 316 g/mol. The molecule has 0 spiro atoms. The van der Waals surface area contributed by atoms with Gasteiger partial charge in [-0.1, -0.05) is 11.6 Å². The summed E-state index contributed by atoms with van der Waals surface area (Å²) in [4.78, 5) is 11.9. The summed E-state index contributed by atoms with van der Waals surface area (Å²) in [5, 5.41) is 6.62. The number of ether oxygens (including phenoxy) is 2. The van der Waals surface area contributed by atoms with E-state index in [0.717, 1.165) is 17.1 Å². The van der Waals surface area contributed by atoms with Crippen molar-refractivity contribution in [2.75, 3.05) is 31.4 Å². The highest BCUT2D eigenvalue weighted by Gasteiger charge is 2.06. The van der Waals surface area contributed by atoms with Crippen LogP contribution in [0, 0.1) is 0 Å². The lowest BCUT2D eigenvalue weighted by Crippen LogP contribution is -2.16. The van der Waals surface area contributed by atoms with Crippen molar-refractivity contribution in [3.8, 4) is 11.5 Å². The van der Waals surface area contributed by atoms with Gasteiger partial charge in [0.05, 0.1) is 19.9 Å². The van der Waals surface area contributed by atoms with Gasteiger partial charge in [-0.2, -0.15) is 0 Å². The number of hydrogen-bond acceptors (Lipinski definition) is 4. The van der Waals surface area contributed by atoms with Crippen molar-refractivity contribution in [3.05, 3.63) is 47.5 Å². The number of carbonyl (C=O) groups is 1. The largest absolute Gasteiger partial charge is 0.497 e. The zero-order valence-electron chi connectivity index (χ0n) is 13.1. The van der Waals surface area contributed by atoms with Gasteiger partial charge in [-0.25, -0.2) is 0 Å². The first kappa shape index (κ1) is 17.0. The molecule has 23 heavy (non-hydrogen) atoms. The summed E-state index contributed by atoms with van der Waals surface area (Å²) in [6.07, 6.45) is 0.322. The van der Waals surface area contributed by atoms with Crippen molar-refractivity contribution in [3.63, 3.8) is 0 Å². The molecule has 0 saturated heterocycles. The Morgan fingerprint density at radius 3 is 2.48 bits per heavy atom. The van der Waals surface area contributed by atoms with Gasteiger partial charge in [0.15, 0.2) is 0 Å². The normalized spacial score (nSPS) is 10.0. The molecule has 5 nitrogen and oxygen atoms in total. The fraction of sp³-hybridized carbons (Fsp3) is 0.235. The number of nitrogens with one attached hydrogen (secondary N) is 2. The van der Waals surface area contributed by atoms with Crippen LogP contribution in [0.4, 0.5) is 11.4 Å². The predicted molar refractivity (Wildman–Crippen MR) is 92.7 cm³/mol. The Kier molecular flexibility index (Phi) is 6.11. The first-order valence-electron chi connectivity index (χ1n) is 7.13. The molecule has 2 aromatic carbocycles. The van der Waals surface area contributed by atoms with E-state index >= 15 is 0 Å². The SMILES string of the molecule is COc1ccc(OC)c(NCCC(=O)Nc2ccc(Cl)cc2)c1. The average Bonchev–Trinajstić information content (AvgIpc) is 2.57. The summed E-state index contributed by atoms with van der Waals surface area (Å²) < 4.78 is 10.5. The first-order chi connectivity index (χ1) is 11.1. The third-order valence-electron chi connectivity index (χ3n) is 3.20. The van der Waals surface area contributed by atoms with Gasteiger partial charge in [-0.05, 0) is 36.4 Å². The lowest BCUT2D eigenvalue weighted by molar-refractivity contribution is -0.115. The summed E-state index contributed by atoms with van der Waals surface area (Å²) in [5.74, 6) is 1.34. The van der Waals surface area contributed by atoms with Crippen molar-refractivity contribution in [1.29, 1.82) is 0 Å². The van der Waals surface area contributed by atoms with Crippen molar-refractivity contribution < 1.29 is 14.3 Å². The summed E-state index contributed by atoms with van der Waals surface area (Å²) in [7, 11) is 3.20. The van der Waals surface area contributed by atoms with E-state index in [-0.39, 0.29) is 5.91 Å². The summed E-state index contributed by atoms with van der Waals surface area (Å²) >= 11 is 5.81. The molecule has 0 aliphatic carbocycles. The maximum absolute atomic E-state index is 11.9. The molecule has 0 aliphatic rings. The predicted octanol–water partition coefficient (Wildman–Crippen LogP) is 3.80. The second-order valence-corrected chi connectivity index (χ2v) is 5.23. The molecule has 0 aromatic heterocycles.